The number of hydrogen-bond donors (Lipinski definition) is 1. The Morgan fingerprint density at radius 3 is 2.51 bits per heavy atom. The molecule has 1 amide bonds. The van der Waals surface area contributed by atoms with Gasteiger partial charge in [0.15, 0.2) is 0 Å². The number of halogens is 1. The van der Waals surface area contributed by atoms with Gasteiger partial charge in [0.1, 0.15) is 18.6 Å². The van der Waals surface area contributed by atoms with E-state index in [9.17, 15) is 14.9 Å². The Hall–Kier alpha value is -4.31. The zero-order valence-electron chi connectivity index (χ0n) is 18.4. The quantitative estimate of drug-likeness (QED) is 0.186. The predicted molar refractivity (Wildman–Crippen MR) is 134 cm³/mol. The topological polar surface area (TPSA) is 112 Å². The van der Waals surface area contributed by atoms with Crippen LogP contribution in [-0.4, -0.2) is 26.8 Å². The van der Waals surface area contributed by atoms with Gasteiger partial charge in [0.25, 0.3) is 5.91 Å². The highest BCUT2D eigenvalue weighted by molar-refractivity contribution is 9.10. The van der Waals surface area contributed by atoms with Crippen molar-refractivity contribution in [3.8, 4) is 5.75 Å². The Bertz CT molecular complexity index is 1350. The smallest absolute Gasteiger partial charge is 0.320 e. The fourth-order valence-corrected chi connectivity index (χ4v) is 3.50. The molecule has 4 rings (SSSR count). The molecule has 1 aromatic heterocycles. The van der Waals surface area contributed by atoms with Crippen LogP contribution >= 0.6 is 15.9 Å². The van der Waals surface area contributed by atoms with E-state index in [0.29, 0.717) is 17.9 Å². The second-order valence-electron chi connectivity index (χ2n) is 7.46. The van der Waals surface area contributed by atoms with Crippen LogP contribution in [0.25, 0.3) is 0 Å². The van der Waals surface area contributed by atoms with Gasteiger partial charge < -0.3 is 4.74 Å². The second-order valence-corrected chi connectivity index (χ2v) is 8.37. The number of carbonyl (C=O) groups is 1. The van der Waals surface area contributed by atoms with E-state index in [4.69, 9.17) is 4.74 Å². The third kappa shape index (κ3) is 6.39. The molecule has 0 saturated heterocycles. The van der Waals surface area contributed by atoms with Gasteiger partial charge in [-0.2, -0.15) is 10.2 Å². The first-order chi connectivity index (χ1) is 17.0. The van der Waals surface area contributed by atoms with Crippen LogP contribution in [0.1, 0.15) is 27.2 Å². The third-order valence-electron chi connectivity index (χ3n) is 4.94. The average molecular weight is 534 g/mol. The monoisotopic (exact) mass is 533 g/mol. The lowest BCUT2D eigenvalue weighted by molar-refractivity contribution is -0.385. The van der Waals surface area contributed by atoms with E-state index >= 15 is 0 Å². The molecule has 0 atom stereocenters. The van der Waals surface area contributed by atoms with Crippen molar-refractivity contribution < 1.29 is 14.5 Å². The maximum Gasteiger partial charge on any atom is 0.320 e. The summed E-state index contributed by atoms with van der Waals surface area (Å²) in [5.41, 5.74) is 4.12. The number of aromatic nitrogens is 2. The Labute approximate surface area is 209 Å². The summed E-state index contributed by atoms with van der Waals surface area (Å²) < 4.78 is 8.14. The molecule has 0 saturated carbocycles. The molecule has 0 radical (unpaired) electrons. The van der Waals surface area contributed by atoms with Crippen molar-refractivity contribution in [1.29, 1.82) is 0 Å². The first-order valence-electron chi connectivity index (χ1n) is 10.5. The summed E-state index contributed by atoms with van der Waals surface area (Å²) in [5.74, 6) is -0.204. The molecule has 0 fully saturated rings. The lowest BCUT2D eigenvalue weighted by atomic mass is 10.2. The van der Waals surface area contributed by atoms with Crippen molar-refractivity contribution in [2.75, 3.05) is 0 Å². The van der Waals surface area contributed by atoms with Gasteiger partial charge in [-0.1, -0.05) is 70.5 Å². The fraction of sp³-hybridized carbons (Fsp3) is 0.0800. The molecule has 3 aromatic carbocycles. The van der Waals surface area contributed by atoms with Crippen molar-refractivity contribution in [1.82, 2.24) is 15.2 Å². The summed E-state index contributed by atoms with van der Waals surface area (Å²) in [6.07, 6.45) is 2.65. The molecule has 35 heavy (non-hydrogen) atoms. The SMILES string of the molecule is O=C(N/N=C/c1ccccc1OCc1ccccc1)c1nn(Cc2ccc(Br)cc2)cc1[N+](=O)[O-]. The minimum Gasteiger partial charge on any atom is -0.488 e. The van der Waals surface area contributed by atoms with Crippen LogP contribution < -0.4 is 10.2 Å². The Morgan fingerprint density at radius 1 is 1.06 bits per heavy atom. The molecule has 0 bridgehead atoms. The number of amides is 1. The molecule has 0 aliphatic carbocycles. The van der Waals surface area contributed by atoms with E-state index in [0.717, 1.165) is 15.6 Å². The van der Waals surface area contributed by atoms with Gasteiger partial charge in [-0.3, -0.25) is 19.6 Å². The van der Waals surface area contributed by atoms with E-state index in [2.05, 4.69) is 31.6 Å². The number of rotatable bonds is 9. The van der Waals surface area contributed by atoms with Crippen molar-refractivity contribution in [3.05, 3.63) is 122 Å². The van der Waals surface area contributed by atoms with Gasteiger partial charge >= 0.3 is 5.69 Å². The standard InChI is InChI=1S/C25H20BrN5O4/c26-21-12-10-18(11-13-21)15-30-16-22(31(33)34)24(29-30)25(32)28-27-14-20-8-4-5-9-23(20)35-17-19-6-2-1-3-7-19/h1-14,16H,15,17H2,(H,28,32)/b27-14+. The summed E-state index contributed by atoms with van der Waals surface area (Å²) in [6, 6.07) is 24.4. The van der Waals surface area contributed by atoms with Crippen molar-refractivity contribution >= 4 is 33.7 Å². The van der Waals surface area contributed by atoms with Crippen molar-refractivity contribution in [2.24, 2.45) is 5.10 Å². The van der Waals surface area contributed by atoms with Gasteiger partial charge in [-0.25, -0.2) is 5.43 Å². The summed E-state index contributed by atoms with van der Waals surface area (Å²) in [6.45, 7) is 0.650. The van der Waals surface area contributed by atoms with E-state index in [-0.39, 0.29) is 12.2 Å². The van der Waals surface area contributed by atoms with Crippen LogP contribution in [0.2, 0.25) is 0 Å². The molecular formula is C25H20BrN5O4. The number of hydrogen-bond acceptors (Lipinski definition) is 6. The molecule has 10 heteroatoms. The van der Waals surface area contributed by atoms with Gasteiger partial charge in [-0.05, 0) is 35.4 Å². The third-order valence-corrected chi connectivity index (χ3v) is 5.47. The first-order valence-corrected chi connectivity index (χ1v) is 11.3. The van der Waals surface area contributed by atoms with Gasteiger partial charge in [0.05, 0.1) is 17.7 Å². The van der Waals surface area contributed by atoms with Crippen LogP contribution in [0.5, 0.6) is 5.75 Å². The maximum absolute atomic E-state index is 12.6. The Morgan fingerprint density at radius 2 is 1.77 bits per heavy atom. The van der Waals surface area contributed by atoms with Crippen LogP contribution in [0.4, 0.5) is 5.69 Å². The van der Waals surface area contributed by atoms with Crippen molar-refractivity contribution in [2.45, 2.75) is 13.2 Å². The average Bonchev–Trinajstić information content (AvgIpc) is 3.30. The van der Waals surface area contributed by atoms with Gasteiger partial charge in [0, 0.05) is 10.0 Å². The molecular weight excluding hydrogens is 514 g/mol. The molecule has 0 aliphatic heterocycles. The Kier molecular flexibility index (Phi) is 7.63. The van der Waals surface area contributed by atoms with Crippen molar-refractivity contribution in [3.63, 3.8) is 0 Å². The minimum absolute atomic E-state index is 0.275. The molecule has 0 spiro atoms. The zero-order valence-corrected chi connectivity index (χ0v) is 20.0. The van der Waals surface area contributed by atoms with Gasteiger partial charge in [0.2, 0.25) is 5.69 Å². The molecule has 4 aromatic rings. The van der Waals surface area contributed by atoms with E-state index in [1.807, 2.05) is 66.7 Å². The lowest BCUT2D eigenvalue weighted by Gasteiger charge is -2.08. The number of nitrogens with zero attached hydrogens (tertiary/aromatic N) is 4. The molecule has 1 N–H and O–H groups in total. The van der Waals surface area contributed by atoms with E-state index in [1.54, 1.807) is 12.1 Å². The summed E-state index contributed by atoms with van der Waals surface area (Å²) >= 11 is 3.36. The normalized spacial score (nSPS) is 10.9. The molecule has 0 aliphatic rings. The van der Waals surface area contributed by atoms with Crippen LogP contribution in [0.15, 0.2) is 94.6 Å². The highest BCUT2D eigenvalue weighted by atomic mass is 79.9. The van der Waals surface area contributed by atoms with Crippen LogP contribution in [0.3, 0.4) is 0 Å². The second kappa shape index (κ2) is 11.2. The Balaban J connectivity index is 1.44. The number of hydrazone groups is 1. The maximum atomic E-state index is 12.6. The largest absolute Gasteiger partial charge is 0.488 e. The van der Waals surface area contributed by atoms with Gasteiger partial charge in [-0.15, -0.1) is 0 Å². The number of ether oxygens (including phenoxy) is 1. The number of carbonyl (C=O) groups excluding carboxylic acids is 1. The highest BCUT2D eigenvalue weighted by Gasteiger charge is 2.25. The highest BCUT2D eigenvalue weighted by Crippen LogP contribution is 2.20. The molecule has 1 heterocycles. The van der Waals surface area contributed by atoms with E-state index < -0.39 is 16.5 Å². The molecule has 9 nitrogen and oxygen atoms in total. The number of nitro groups is 1. The van der Waals surface area contributed by atoms with Crippen LogP contribution in [-0.2, 0) is 13.2 Å². The lowest BCUT2D eigenvalue weighted by Crippen LogP contribution is -2.20. The molecule has 0 unspecified atom stereocenters. The fourth-order valence-electron chi connectivity index (χ4n) is 3.23. The number of benzene rings is 3. The number of para-hydroxylation sites is 1. The zero-order chi connectivity index (χ0) is 24.6. The summed E-state index contributed by atoms with van der Waals surface area (Å²) in [4.78, 5) is 23.5. The van der Waals surface area contributed by atoms with E-state index in [1.165, 1.54) is 17.1 Å². The predicted octanol–water partition coefficient (Wildman–Crippen LogP) is 4.95. The minimum atomic E-state index is -0.787. The summed E-state index contributed by atoms with van der Waals surface area (Å²) in [7, 11) is 0. The first kappa shape index (κ1) is 23.8. The van der Waals surface area contributed by atoms with Crippen LogP contribution in [0, 0.1) is 10.1 Å². The summed E-state index contributed by atoms with van der Waals surface area (Å²) in [5, 5.41) is 19.5. The molecule has 176 valence electrons. The number of nitrogens with one attached hydrogen (secondary N) is 1.